The molecule has 1 heterocycles. The van der Waals surface area contributed by atoms with Crippen LogP contribution in [-0.4, -0.2) is 49.6 Å². The van der Waals surface area contributed by atoms with E-state index in [4.69, 9.17) is 5.11 Å². The van der Waals surface area contributed by atoms with Gasteiger partial charge >= 0.3 is 0 Å². The van der Waals surface area contributed by atoms with Crippen LogP contribution in [0.5, 0.6) is 0 Å². The molecule has 1 fully saturated rings. The zero-order chi connectivity index (χ0) is 12.3. The molecule has 8 heteroatoms. The van der Waals surface area contributed by atoms with Crippen LogP contribution in [0, 0.1) is 0 Å². The quantitative estimate of drug-likeness (QED) is 0.673. The first-order valence-electron chi connectivity index (χ1n) is 5.51. The predicted molar refractivity (Wildman–Crippen MR) is 61.5 cm³/mol. The van der Waals surface area contributed by atoms with Crippen molar-refractivity contribution in [1.82, 2.24) is 25.5 Å². The number of nitrogens with one attached hydrogen (secondary N) is 1. The molecule has 1 aromatic heterocycles. The van der Waals surface area contributed by atoms with Crippen LogP contribution < -0.4 is 5.32 Å². The van der Waals surface area contributed by atoms with Crippen molar-refractivity contribution in [1.29, 1.82) is 0 Å². The third kappa shape index (κ3) is 3.40. The van der Waals surface area contributed by atoms with Gasteiger partial charge in [0, 0.05) is 6.04 Å². The molecule has 1 aliphatic carbocycles. The van der Waals surface area contributed by atoms with Crippen molar-refractivity contribution in [2.45, 2.75) is 37.0 Å². The van der Waals surface area contributed by atoms with Gasteiger partial charge < -0.3 is 10.4 Å². The molecule has 0 saturated heterocycles. The summed E-state index contributed by atoms with van der Waals surface area (Å²) in [6, 6.07) is 0.189. The van der Waals surface area contributed by atoms with E-state index in [1.54, 1.807) is 11.6 Å². The number of aliphatic hydroxyl groups excluding tert-OH is 1. The van der Waals surface area contributed by atoms with Crippen molar-refractivity contribution >= 4 is 17.7 Å². The Hall–Kier alpha value is -1.15. The average molecular weight is 257 g/mol. The third-order valence-corrected chi connectivity index (χ3v) is 3.30. The Kier molecular flexibility index (Phi) is 3.95. The standard InChI is InChI=1S/C9H15N5O2S/c1-6(4-15)10-8(16)5-17-9-11-12-13-14(9)7-2-3-7/h6-7,15H,2-5H2,1H3,(H,10,16)/t6-/m0/s1. The summed E-state index contributed by atoms with van der Waals surface area (Å²) in [5, 5.41) is 23.5. The van der Waals surface area contributed by atoms with E-state index in [-0.39, 0.29) is 24.3 Å². The average Bonchev–Trinajstić information content (AvgIpc) is 3.05. The van der Waals surface area contributed by atoms with Gasteiger partial charge in [0.25, 0.3) is 0 Å². The van der Waals surface area contributed by atoms with Crippen molar-refractivity contribution in [2.75, 3.05) is 12.4 Å². The van der Waals surface area contributed by atoms with Crippen LogP contribution in [0.1, 0.15) is 25.8 Å². The SMILES string of the molecule is C[C@@H](CO)NC(=O)CSc1nnnn1C1CC1. The molecule has 1 saturated carbocycles. The summed E-state index contributed by atoms with van der Waals surface area (Å²) < 4.78 is 1.77. The Labute approximate surface area is 103 Å². The number of hydrogen-bond acceptors (Lipinski definition) is 6. The second-order valence-corrected chi connectivity index (χ2v) is 5.02. The fraction of sp³-hybridized carbons (Fsp3) is 0.778. The molecule has 17 heavy (non-hydrogen) atoms. The fourth-order valence-electron chi connectivity index (χ4n) is 1.32. The molecule has 7 nitrogen and oxygen atoms in total. The number of hydrogen-bond donors (Lipinski definition) is 2. The van der Waals surface area contributed by atoms with Crippen LogP contribution in [0.2, 0.25) is 0 Å². The van der Waals surface area contributed by atoms with Gasteiger partial charge in [0.05, 0.1) is 18.4 Å². The molecule has 0 aromatic carbocycles. The van der Waals surface area contributed by atoms with E-state index in [9.17, 15) is 4.79 Å². The minimum Gasteiger partial charge on any atom is -0.394 e. The van der Waals surface area contributed by atoms with E-state index in [2.05, 4.69) is 20.8 Å². The van der Waals surface area contributed by atoms with Gasteiger partial charge in [-0.05, 0) is 30.2 Å². The summed E-state index contributed by atoms with van der Waals surface area (Å²) in [6.45, 7) is 1.69. The van der Waals surface area contributed by atoms with Crippen molar-refractivity contribution < 1.29 is 9.90 Å². The summed E-state index contributed by atoms with van der Waals surface area (Å²) in [4.78, 5) is 11.5. The number of aliphatic hydroxyl groups is 1. The molecule has 2 N–H and O–H groups in total. The van der Waals surface area contributed by atoms with Gasteiger partial charge in [-0.25, -0.2) is 4.68 Å². The Bertz CT molecular complexity index is 392. The maximum atomic E-state index is 11.5. The number of aromatic nitrogens is 4. The van der Waals surface area contributed by atoms with Crippen LogP contribution in [0.15, 0.2) is 5.16 Å². The second-order valence-electron chi connectivity index (χ2n) is 4.08. The molecule has 94 valence electrons. The van der Waals surface area contributed by atoms with Gasteiger partial charge in [-0.1, -0.05) is 11.8 Å². The van der Waals surface area contributed by atoms with Crippen LogP contribution in [0.3, 0.4) is 0 Å². The molecule has 2 rings (SSSR count). The van der Waals surface area contributed by atoms with E-state index in [0.717, 1.165) is 12.8 Å². The molecule has 1 atom stereocenters. The zero-order valence-corrected chi connectivity index (χ0v) is 10.4. The van der Waals surface area contributed by atoms with Gasteiger partial charge in [-0.2, -0.15) is 0 Å². The molecular formula is C9H15N5O2S. The largest absolute Gasteiger partial charge is 0.394 e. The molecule has 0 aliphatic heterocycles. The van der Waals surface area contributed by atoms with Crippen molar-refractivity contribution in [3.63, 3.8) is 0 Å². The Balaban J connectivity index is 1.80. The number of carbonyl (C=O) groups is 1. The molecule has 1 aromatic rings. The minimum atomic E-state index is -0.220. The maximum Gasteiger partial charge on any atom is 0.230 e. The van der Waals surface area contributed by atoms with E-state index in [1.807, 2.05) is 0 Å². The van der Waals surface area contributed by atoms with Crippen molar-refractivity contribution in [2.24, 2.45) is 0 Å². The summed E-state index contributed by atoms with van der Waals surface area (Å²) in [6.07, 6.45) is 2.21. The Morgan fingerprint density at radius 2 is 2.47 bits per heavy atom. The number of rotatable bonds is 6. The van der Waals surface area contributed by atoms with Crippen LogP contribution in [0.25, 0.3) is 0 Å². The van der Waals surface area contributed by atoms with E-state index in [1.165, 1.54) is 11.8 Å². The lowest BCUT2D eigenvalue weighted by atomic mass is 10.4. The number of amides is 1. The molecule has 1 aliphatic rings. The molecule has 0 unspecified atom stereocenters. The number of carbonyl (C=O) groups excluding carboxylic acids is 1. The molecule has 1 amide bonds. The molecule has 0 spiro atoms. The first-order valence-corrected chi connectivity index (χ1v) is 6.50. The highest BCUT2D eigenvalue weighted by Crippen LogP contribution is 2.36. The maximum absolute atomic E-state index is 11.5. The Morgan fingerprint density at radius 1 is 1.71 bits per heavy atom. The van der Waals surface area contributed by atoms with Gasteiger partial charge in [-0.3, -0.25) is 4.79 Å². The van der Waals surface area contributed by atoms with Crippen LogP contribution >= 0.6 is 11.8 Å². The summed E-state index contributed by atoms with van der Waals surface area (Å²) in [5.74, 6) is 0.138. The van der Waals surface area contributed by atoms with Gasteiger partial charge in [0.2, 0.25) is 11.1 Å². The minimum absolute atomic E-state index is 0.0593. The highest BCUT2D eigenvalue weighted by Gasteiger charge is 2.28. The van der Waals surface area contributed by atoms with Crippen molar-refractivity contribution in [3.05, 3.63) is 0 Å². The van der Waals surface area contributed by atoms with E-state index >= 15 is 0 Å². The van der Waals surface area contributed by atoms with Gasteiger partial charge in [-0.15, -0.1) is 5.10 Å². The topological polar surface area (TPSA) is 92.9 Å². The second kappa shape index (κ2) is 5.46. The highest BCUT2D eigenvalue weighted by molar-refractivity contribution is 7.99. The van der Waals surface area contributed by atoms with Crippen LogP contribution in [-0.2, 0) is 4.79 Å². The lowest BCUT2D eigenvalue weighted by Gasteiger charge is -2.09. The molecular weight excluding hydrogens is 242 g/mol. The normalized spacial score (nSPS) is 16.8. The third-order valence-electron chi connectivity index (χ3n) is 2.37. The highest BCUT2D eigenvalue weighted by atomic mass is 32.2. The lowest BCUT2D eigenvalue weighted by Crippen LogP contribution is -2.36. The smallest absolute Gasteiger partial charge is 0.230 e. The number of thioether (sulfide) groups is 1. The fourth-order valence-corrected chi connectivity index (χ4v) is 2.08. The number of nitrogens with zero attached hydrogens (tertiary/aromatic N) is 4. The summed E-state index contributed by atoms with van der Waals surface area (Å²) >= 11 is 1.32. The summed E-state index contributed by atoms with van der Waals surface area (Å²) in [5.41, 5.74) is 0. The van der Waals surface area contributed by atoms with Crippen molar-refractivity contribution in [3.8, 4) is 0 Å². The molecule has 0 bridgehead atoms. The monoisotopic (exact) mass is 257 g/mol. The number of tetrazole rings is 1. The predicted octanol–water partition coefficient (Wildman–Crippen LogP) is -0.403. The summed E-state index contributed by atoms with van der Waals surface area (Å²) in [7, 11) is 0. The zero-order valence-electron chi connectivity index (χ0n) is 9.54. The van der Waals surface area contributed by atoms with Gasteiger partial charge in [0.15, 0.2) is 0 Å². The van der Waals surface area contributed by atoms with E-state index < -0.39 is 0 Å². The molecule has 0 radical (unpaired) electrons. The first-order chi connectivity index (χ1) is 8.20. The van der Waals surface area contributed by atoms with E-state index in [0.29, 0.717) is 11.2 Å². The van der Waals surface area contributed by atoms with Gasteiger partial charge in [0.1, 0.15) is 0 Å². The van der Waals surface area contributed by atoms with Crippen LogP contribution in [0.4, 0.5) is 0 Å². The lowest BCUT2D eigenvalue weighted by molar-refractivity contribution is -0.119. The first kappa shape index (κ1) is 12.3. The Morgan fingerprint density at radius 3 is 3.12 bits per heavy atom.